The number of aromatic nitrogens is 1. The summed E-state index contributed by atoms with van der Waals surface area (Å²) >= 11 is 0. The van der Waals surface area contributed by atoms with Crippen molar-refractivity contribution in [2.24, 2.45) is 0 Å². The number of carbonyl (C=O) groups is 1. The summed E-state index contributed by atoms with van der Waals surface area (Å²) in [5.41, 5.74) is 2.14. The third kappa shape index (κ3) is 3.26. The Bertz CT molecular complexity index is 913. The first-order valence-corrected chi connectivity index (χ1v) is 8.25. The van der Waals surface area contributed by atoms with Gasteiger partial charge in [-0.15, -0.1) is 0 Å². The zero-order chi connectivity index (χ0) is 17.2. The van der Waals surface area contributed by atoms with Gasteiger partial charge in [0.2, 0.25) is 5.89 Å². The lowest BCUT2D eigenvalue weighted by Crippen LogP contribution is -2.25. The molecule has 126 valence electrons. The van der Waals surface area contributed by atoms with E-state index in [2.05, 4.69) is 10.3 Å². The lowest BCUT2D eigenvalue weighted by molar-refractivity contribution is 0.0951. The molecule has 3 aromatic rings. The zero-order valence-electron chi connectivity index (χ0n) is 13.9. The molecule has 1 aromatic heterocycles. The third-order valence-corrected chi connectivity index (χ3v) is 4.17. The van der Waals surface area contributed by atoms with Crippen molar-refractivity contribution < 1.29 is 13.9 Å². The molecule has 1 heterocycles. The van der Waals surface area contributed by atoms with Gasteiger partial charge < -0.3 is 14.5 Å². The van der Waals surface area contributed by atoms with Gasteiger partial charge in [0, 0.05) is 17.2 Å². The van der Waals surface area contributed by atoms with Crippen LogP contribution in [0.1, 0.15) is 23.2 Å². The first-order chi connectivity index (χ1) is 12.2. The van der Waals surface area contributed by atoms with Gasteiger partial charge in [-0.3, -0.25) is 4.79 Å². The summed E-state index contributed by atoms with van der Waals surface area (Å²) < 4.78 is 11.2. The number of amides is 1. The first-order valence-electron chi connectivity index (χ1n) is 8.25. The fraction of sp³-hybridized carbons (Fsp3) is 0.200. The molecule has 5 heteroatoms. The summed E-state index contributed by atoms with van der Waals surface area (Å²) in [6.07, 6.45) is 3.76. The van der Waals surface area contributed by atoms with Gasteiger partial charge in [-0.25, -0.2) is 4.98 Å². The molecule has 4 rings (SSSR count). The number of nitrogens with zero attached hydrogens (tertiary/aromatic N) is 1. The Balaban J connectivity index is 1.67. The van der Waals surface area contributed by atoms with E-state index in [0.717, 1.165) is 24.2 Å². The fourth-order valence-corrected chi connectivity index (χ4v) is 2.67. The van der Waals surface area contributed by atoms with Crippen LogP contribution in [0.3, 0.4) is 0 Å². The number of oxazole rings is 1. The zero-order valence-corrected chi connectivity index (χ0v) is 13.9. The number of rotatable bonds is 5. The number of carbonyl (C=O) groups excluding carboxylic acids is 1. The van der Waals surface area contributed by atoms with E-state index in [1.165, 1.54) is 0 Å². The van der Waals surface area contributed by atoms with Crippen LogP contribution in [0.15, 0.2) is 59.1 Å². The van der Waals surface area contributed by atoms with Gasteiger partial charge in [-0.05, 0) is 37.1 Å². The normalized spacial score (nSPS) is 13.5. The Morgan fingerprint density at radius 1 is 1.20 bits per heavy atom. The Labute approximate surface area is 145 Å². The van der Waals surface area contributed by atoms with Gasteiger partial charge in [0.25, 0.3) is 5.91 Å². The van der Waals surface area contributed by atoms with E-state index >= 15 is 0 Å². The van der Waals surface area contributed by atoms with Crippen LogP contribution in [-0.2, 0) is 0 Å². The van der Waals surface area contributed by atoms with Crippen molar-refractivity contribution in [2.45, 2.75) is 18.9 Å². The van der Waals surface area contributed by atoms with E-state index in [1.54, 1.807) is 19.4 Å². The van der Waals surface area contributed by atoms with Crippen molar-refractivity contribution in [3.8, 4) is 28.5 Å². The molecule has 0 atom stereocenters. The summed E-state index contributed by atoms with van der Waals surface area (Å²) in [7, 11) is 1.62. The second-order valence-corrected chi connectivity index (χ2v) is 6.05. The van der Waals surface area contributed by atoms with E-state index in [1.807, 2.05) is 42.5 Å². The van der Waals surface area contributed by atoms with E-state index in [9.17, 15) is 4.79 Å². The van der Waals surface area contributed by atoms with E-state index in [-0.39, 0.29) is 5.91 Å². The highest BCUT2D eigenvalue weighted by Crippen LogP contribution is 2.30. The van der Waals surface area contributed by atoms with Crippen LogP contribution < -0.4 is 10.1 Å². The maximum atomic E-state index is 12.5. The van der Waals surface area contributed by atoms with E-state index < -0.39 is 0 Å². The summed E-state index contributed by atoms with van der Waals surface area (Å²) in [5.74, 6) is 1.73. The fourth-order valence-electron chi connectivity index (χ4n) is 2.67. The minimum atomic E-state index is -0.0840. The molecule has 5 nitrogen and oxygen atoms in total. The number of ether oxygens (including phenoxy) is 1. The molecule has 0 saturated heterocycles. The molecular weight excluding hydrogens is 316 g/mol. The van der Waals surface area contributed by atoms with Crippen LogP contribution in [0.5, 0.6) is 5.75 Å². The van der Waals surface area contributed by atoms with Crippen LogP contribution in [0.2, 0.25) is 0 Å². The largest absolute Gasteiger partial charge is 0.497 e. The summed E-state index contributed by atoms with van der Waals surface area (Å²) in [6.45, 7) is 0. The third-order valence-electron chi connectivity index (χ3n) is 4.17. The van der Waals surface area contributed by atoms with Crippen molar-refractivity contribution in [2.75, 3.05) is 7.11 Å². The van der Waals surface area contributed by atoms with Crippen LogP contribution >= 0.6 is 0 Å². The molecule has 0 radical (unpaired) electrons. The molecule has 2 aromatic carbocycles. The molecule has 1 aliphatic carbocycles. The van der Waals surface area contributed by atoms with E-state index in [0.29, 0.717) is 28.8 Å². The van der Waals surface area contributed by atoms with Crippen molar-refractivity contribution in [3.05, 3.63) is 60.3 Å². The van der Waals surface area contributed by atoms with Crippen molar-refractivity contribution in [1.82, 2.24) is 10.3 Å². The predicted octanol–water partition coefficient (Wildman–Crippen LogP) is 3.91. The maximum absolute atomic E-state index is 12.5. The number of benzene rings is 2. The van der Waals surface area contributed by atoms with Crippen LogP contribution in [-0.4, -0.2) is 24.0 Å². The monoisotopic (exact) mass is 334 g/mol. The Morgan fingerprint density at radius 2 is 2.04 bits per heavy atom. The summed E-state index contributed by atoms with van der Waals surface area (Å²) in [4.78, 5) is 16.8. The Hall–Kier alpha value is -3.08. The summed E-state index contributed by atoms with van der Waals surface area (Å²) in [5, 5.41) is 3.01. The average Bonchev–Trinajstić information content (AvgIpc) is 3.33. The smallest absolute Gasteiger partial charge is 0.252 e. The molecule has 0 unspecified atom stereocenters. The number of hydrogen-bond acceptors (Lipinski definition) is 4. The topological polar surface area (TPSA) is 64.4 Å². The second kappa shape index (κ2) is 6.43. The van der Waals surface area contributed by atoms with Crippen molar-refractivity contribution in [1.29, 1.82) is 0 Å². The molecule has 25 heavy (non-hydrogen) atoms. The second-order valence-electron chi connectivity index (χ2n) is 6.05. The van der Waals surface area contributed by atoms with Gasteiger partial charge in [0.15, 0.2) is 5.76 Å². The Morgan fingerprint density at radius 3 is 2.84 bits per heavy atom. The molecular formula is C20H18N2O3. The molecule has 1 amide bonds. The predicted molar refractivity (Wildman–Crippen MR) is 94.4 cm³/mol. The van der Waals surface area contributed by atoms with Gasteiger partial charge in [0.1, 0.15) is 5.75 Å². The quantitative estimate of drug-likeness (QED) is 0.768. The molecule has 1 saturated carbocycles. The van der Waals surface area contributed by atoms with Crippen LogP contribution in [0, 0.1) is 0 Å². The lowest BCUT2D eigenvalue weighted by atomic mass is 10.1. The minimum Gasteiger partial charge on any atom is -0.497 e. The van der Waals surface area contributed by atoms with Crippen molar-refractivity contribution >= 4 is 5.91 Å². The highest BCUT2D eigenvalue weighted by molar-refractivity contribution is 6.00. The Kier molecular flexibility index (Phi) is 3.98. The molecule has 0 aliphatic heterocycles. The first kappa shape index (κ1) is 15.4. The number of methoxy groups -OCH3 is 1. The summed E-state index contributed by atoms with van der Waals surface area (Å²) in [6, 6.07) is 15.2. The van der Waals surface area contributed by atoms with Gasteiger partial charge >= 0.3 is 0 Å². The van der Waals surface area contributed by atoms with Crippen LogP contribution in [0.25, 0.3) is 22.8 Å². The average molecular weight is 334 g/mol. The highest BCUT2D eigenvalue weighted by atomic mass is 16.5. The molecule has 0 bridgehead atoms. The highest BCUT2D eigenvalue weighted by Gasteiger charge is 2.25. The van der Waals surface area contributed by atoms with E-state index in [4.69, 9.17) is 9.15 Å². The van der Waals surface area contributed by atoms with Gasteiger partial charge in [-0.2, -0.15) is 0 Å². The minimum absolute atomic E-state index is 0.0840. The lowest BCUT2D eigenvalue weighted by Gasteiger charge is -2.07. The van der Waals surface area contributed by atoms with Crippen LogP contribution in [0.4, 0.5) is 0 Å². The van der Waals surface area contributed by atoms with Gasteiger partial charge in [-0.1, -0.05) is 24.3 Å². The molecule has 1 fully saturated rings. The maximum Gasteiger partial charge on any atom is 0.252 e. The molecule has 1 N–H and O–H groups in total. The molecule has 0 spiro atoms. The number of nitrogens with one attached hydrogen (secondary N) is 1. The molecule has 1 aliphatic rings. The van der Waals surface area contributed by atoms with Gasteiger partial charge in [0.05, 0.1) is 18.9 Å². The number of hydrogen-bond donors (Lipinski definition) is 1. The standard InChI is InChI=1S/C20H18N2O3/c1-24-15-6-4-5-13(11-15)18-12-21-20(25-18)17-8-3-2-7-16(17)19(23)22-14-9-10-14/h2-8,11-12,14H,9-10H2,1H3,(H,22,23). The SMILES string of the molecule is COc1cccc(-c2cnc(-c3ccccc3C(=O)NC3CC3)o2)c1. The van der Waals surface area contributed by atoms with Crippen molar-refractivity contribution in [3.63, 3.8) is 0 Å².